The fourth-order valence-corrected chi connectivity index (χ4v) is 3.51. The van der Waals surface area contributed by atoms with E-state index >= 15 is 0 Å². The molecule has 0 radical (unpaired) electrons. The molecular formula is C20H22N2O4. The van der Waals surface area contributed by atoms with E-state index in [2.05, 4.69) is 16.7 Å². The Balaban J connectivity index is 1.44. The lowest BCUT2D eigenvalue weighted by Gasteiger charge is -2.27. The highest BCUT2D eigenvalue weighted by atomic mass is 16.6. The summed E-state index contributed by atoms with van der Waals surface area (Å²) in [5.41, 5.74) is 3.08. The quantitative estimate of drug-likeness (QED) is 0.882. The Hall–Kier alpha value is -2.89. The molecule has 6 nitrogen and oxygen atoms in total. The summed E-state index contributed by atoms with van der Waals surface area (Å²) in [6.07, 6.45) is 2.97. The van der Waals surface area contributed by atoms with E-state index in [1.165, 1.54) is 5.56 Å². The minimum absolute atomic E-state index is 0.00173. The molecule has 0 saturated carbocycles. The summed E-state index contributed by atoms with van der Waals surface area (Å²) in [7, 11) is 1.67. The third kappa shape index (κ3) is 3.40. The third-order valence-electron chi connectivity index (χ3n) is 4.77. The number of anilines is 1. The molecular weight excluding hydrogens is 332 g/mol. The van der Waals surface area contributed by atoms with Crippen LogP contribution in [0.4, 0.5) is 10.5 Å². The maximum absolute atomic E-state index is 12.5. The lowest BCUT2D eigenvalue weighted by Crippen LogP contribution is -2.34. The van der Waals surface area contributed by atoms with Gasteiger partial charge in [-0.25, -0.2) is 4.79 Å². The van der Waals surface area contributed by atoms with Crippen LogP contribution in [-0.2, 0) is 6.42 Å². The first-order valence-electron chi connectivity index (χ1n) is 8.87. The number of hydrogen-bond donors (Lipinski definition) is 2. The SMILES string of the molecule is COc1ccc2c(c1)CCCC2NC(=O)Nc1ccc2c(c1)OCCO2. The number of benzene rings is 2. The van der Waals surface area contributed by atoms with E-state index in [4.69, 9.17) is 14.2 Å². The first-order chi connectivity index (χ1) is 12.7. The van der Waals surface area contributed by atoms with Gasteiger partial charge in [0.05, 0.1) is 13.2 Å². The van der Waals surface area contributed by atoms with Crippen molar-refractivity contribution in [2.45, 2.75) is 25.3 Å². The molecule has 0 spiro atoms. The fourth-order valence-electron chi connectivity index (χ4n) is 3.51. The van der Waals surface area contributed by atoms with Crippen molar-refractivity contribution < 1.29 is 19.0 Å². The van der Waals surface area contributed by atoms with Crippen molar-refractivity contribution in [3.8, 4) is 17.2 Å². The second-order valence-corrected chi connectivity index (χ2v) is 6.47. The second-order valence-electron chi connectivity index (χ2n) is 6.47. The zero-order valence-corrected chi connectivity index (χ0v) is 14.7. The van der Waals surface area contributed by atoms with E-state index in [1.54, 1.807) is 13.2 Å². The van der Waals surface area contributed by atoms with Crippen molar-refractivity contribution in [1.82, 2.24) is 5.32 Å². The molecule has 0 bridgehead atoms. The molecule has 26 heavy (non-hydrogen) atoms. The maximum atomic E-state index is 12.5. The summed E-state index contributed by atoms with van der Waals surface area (Å²) in [6.45, 7) is 1.07. The Kier molecular flexibility index (Phi) is 4.56. The average molecular weight is 354 g/mol. The highest BCUT2D eigenvalue weighted by molar-refractivity contribution is 5.90. The first-order valence-corrected chi connectivity index (χ1v) is 8.87. The molecule has 1 aliphatic heterocycles. The lowest BCUT2D eigenvalue weighted by atomic mass is 9.87. The van der Waals surface area contributed by atoms with Crippen molar-refractivity contribution >= 4 is 11.7 Å². The molecule has 136 valence electrons. The minimum Gasteiger partial charge on any atom is -0.497 e. The number of urea groups is 1. The fraction of sp³-hybridized carbons (Fsp3) is 0.350. The zero-order valence-electron chi connectivity index (χ0n) is 14.7. The summed E-state index contributed by atoms with van der Waals surface area (Å²) in [4.78, 5) is 12.5. The van der Waals surface area contributed by atoms with E-state index in [9.17, 15) is 4.79 Å². The first kappa shape index (κ1) is 16.6. The number of carbonyl (C=O) groups is 1. The molecule has 1 heterocycles. The number of aryl methyl sites for hydroxylation is 1. The Labute approximate surface area is 152 Å². The zero-order chi connectivity index (χ0) is 17.9. The Bertz CT molecular complexity index is 821. The number of fused-ring (bicyclic) bond motifs is 2. The molecule has 6 heteroatoms. The van der Waals surface area contributed by atoms with Crippen molar-refractivity contribution in [3.05, 3.63) is 47.5 Å². The van der Waals surface area contributed by atoms with Crippen molar-refractivity contribution in [1.29, 1.82) is 0 Å². The maximum Gasteiger partial charge on any atom is 0.319 e. The monoisotopic (exact) mass is 354 g/mol. The molecule has 4 rings (SSSR count). The standard InChI is InChI=1S/C20H22N2O4/c1-24-15-6-7-16-13(11-15)3-2-4-17(16)22-20(23)21-14-5-8-18-19(12-14)26-10-9-25-18/h5-8,11-12,17H,2-4,9-10H2,1H3,(H2,21,22,23). The molecule has 1 aliphatic carbocycles. The number of hydrogen-bond acceptors (Lipinski definition) is 4. The number of methoxy groups -OCH3 is 1. The number of rotatable bonds is 3. The molecule has 0 fully saturated rings. The topological polar surface area (TPSA) is 68.8 Å². The number of nitrogens with one attached hydrogen (secondary N) is 2. The molecule has 2 aromatic carbocycles. The van der Waals surface area contributed by atoms with Crippen LogP contribution in [0, 0.1) is 0 Å². The Morgan fingerprint density at radius 1 is 1.12 bits per heavy atom. The van der Waals surface area contributed by atoms with Crippen LogP contribution in [0.5, 0.6) is 17.2 Å². The molecule has 0 saturated heterocycles. The van der Waals surface area contributed by atoms with Gasteiger partial charge < -0.3 is 24.8 Å². The number of ether oxygens (including phenoxy) is 3. The molecule has 0 aromatic heterocycles. The second kappa shape index (κ2) is 7.15. The van der Waals surface area contributed by atoms with Crippen LogP contribution in [0.25, 0.3) is 0 Å². The van der Waals surface area contributed by atoms with Gasteiger partial charge in [-0.1, -0.05) is 6.07 Å². The van der Waals surface area contributed by atoms with E-state index in [0.29, 0.717) is 30.4 Å². The summed E-state index contributed by atoms with van der Waals surface area (Å²) in [5, 5.41) is 5.96. The van der Waals surface area contributed by atoms with Gasteiger partial charge in [0.1, 0.15) is 19.0 Å². The van der Waals surface area contributed by atoms with Gasteiger partial charge in [-0.15, -0.1) is 0 Å². The van der Waals surface area contributed by atoms with Gasteiger partial charge in [-0.3, -0.25) is 0 Å². The van der Waals surface area contributed by atoms with Crippen LogP contribution in [0.1, 0.15) is 30.0 Å². The van der Waals surface area contributed by atoms with Gasteiger partial charge in [-0.2, -0.15) is 0 Å². The van der Waals surface area contributed by atoms with Crippen LogP contribution in [-0.4, -0.2) is 26.4 Å². The minimum atomic E-state index is -0.227. The number of carbonyl (C=O) groups excluding carboxylic acids is 1. The summed E-state index contributed by atoms with van der Waals surface area (Å²) in [6, 6.07) is 11.2. The van der Waals surface area contributed by atoms with E-state index in [1.807, 2.05) is 24.3 Å². The van der Waals surface area contributed by atoms with Gasteiger partial charge in [-0.05, 0) is 54.7 Å². The van der Waals surface area contributed by atoms with Gasteiger partial charge in [0.15, 0.2) is 11.5 Å². The van der Waals surface area contributed by atoms with Crippen LogP contribution in [0.15, 0.2) is 36.4 Å². The predicted molar refractivity (Wildman–Crippen MR) is 98.3 cm³/mol. The Morgan fingerprint density at radius 2 is 1.96 bits per heavy atom. The van der Waals surface area contributed by atoms with Gasteiger partial charge in [0, 0.05) is 11.8 Å². The van der Waals surface area contributed by atoms with Crippen LogP contribution >= 0.6 is 0 Å². The third-order valence-corrected chi connectivity index (χ3v) is 4.77. The van der Waals surface area contributed by atoms with Crippen molar-refractivity contribution in [3.63, 3.8) is 0 Å². The molecule has 2 N–H and O–H groups in total. The molecule has 2 amide bonds. The van der Waals surface area contributed by atoms with Crippen LogP contribution in [0.3, 0.4) is 0 Å². The highest BCUT2D eigenvalue weighted by Gasteiger charge is 2.22. The largest absolute Gasteiger partial charge is 0.497 e. The predicted octanol–water partition coefficient (Wildman–Crippen LogP) is 3.67. The summed E-state index contributed by atoms with van der Waals surface area (Å²) >= 11 is 0. The van der Waals surface area contributed by atoms with Gasteiger partial charge in [0.25, 0.3) is 0 Å². The Morgan fingerprint density at radius 3 is 2.81 bits per heavy atom. The smallest absolute Gasteiger partial charge is 0.319 e. The normalized spacial score (nSPS) is 17.8. The lowest BCUT2D eigenvalue weighted by molar-refractivity contribution is 0.171. The summed E-state index contributed by atoms with van der Waals surface area (Å²) in [5.74, 6) is 2.21. The molecule has 2 aromatic rings. The van der Waals surface area contributed by atoms with Crippen molar-refractivity contribution in [2.75, 3.05) is 25.6 Å². The molecule has 1 atom stereocenters. The highest BCUT2D eigenvalue weighted by Crippen LogP contribution is 2.34. The van der Waals surface area contributed by atoms with E-state index in [-0.39, 0.29) is 12.1 Å². The number of amides is 2. The average Bonchev–Trinajstić information content (AvgIpc) is 2.67. The van der Waals surface area contributed by atoms with E-state index in [0.717, 1.165) is 30.6 Å². The van der Waals surface area contributed by atoms with Gasteiger partial charge in [0.2, 0.25) is 0 Å². The van der Waals surface area contributed by atoms with E-state index < -0.39 is 0 Å². The van der Waals surface area contributed by atoms with Crippen molar-refractivity contribution in [2.24, 2.45) is 0 Å². The molecule has 1 unspecified atom stereocenters. The van der Waals surface area contributed by atoms with Crippen LogP contribution < -0.4 is 24.8 Å². The van der Waals surface area contributed by atoms with Gasteiger partial charge >= 0.3 is 6.03 Å². The summed E-state index contributed by atoms with van der Waals surface area (Å²) < 4.78 is 16.4. The van der Waals surface area contributed by atoms with Crippen LogP contribution in [0.2, 0.25) is 0 Å². The molecule has 2 aliphatic rings.